The van der Waals surface area contributed by atoms with Gasteiger partial charge in [0.25, 0.3) is 5.69 Å². The van der Waals surface area contributed by atoms with Crippen LogP contribution in [0.1, 0.15) is 12.7 Å². The lowest BCUT2D eigenvalue weighted by molar-refractivity contribution is -0.384. The van der Waals surface area contributed by atoms with E-state index in [2.05, 4.69) is 26.1 Å². The normalized spacial score (nSPS) is 10.6. The van der Waals surface area contributed by atoms with Crippen LogP contribution in [-0.4, -0.2) is 19.7 Å². The molecule has 94 valence electrons. The third-order valence-electron chi connectivity index (χ3n) is 2.58. The summed E-state index contributed by atoms with van der Waals surface area (Å²) in [7, 11) is 0. The lowest BCUT2D eigenvalue weighted by Gasteiger charge is -2.05. The first-order valence-corrected chi connectivity index (χ1v) is 6.52. The maximum Gasteiger partial charge on any atom is 0.270 e. The minimum Gasteiger partial charge on any atom is -0.311 e. The highest BCUT2D eigenvalue weighted by Gasteiger charge is 2.14. The maximum atomic E-state index is 10.8. The van der Waals surface area contributed by atoms with E-state index < -0.39 is 4.92 Å². The van der Waals surface area contributed by atoms with Crippen molar-refractivity contribution in [3.63, 3.8) is 0 Å². The molecule has 0 aliphatic carbocycles. The minimum atomic E-state index is -0.415. The first-order valence-electron chi connectivity index (χ1n) is 5.40. The number of benzene rings is 1. The standard InChI is InChI=1S/C11H11BrN4O2/c1-2-15-10(7-12)13-14-11(15)8-4-3-5-9(6-8)16(17)18/h3-6H,2,7H2,1H3. The molecular weight excluding hydrogens is 300 g/mol. The number of nitro groups is 1. The van der Waals surface area contributed by atoms with Crippen molar-refractivity contribution >= 4 is 21.6 Å². The van der Waals surface area contributed by atoms with Crippen LogP contribution >= 0.6 is 15.9 Å². The first kappa shape index (κ1) is 12.7. The number of halogens is 1. The van der Waals surface area contributed by atoms with E-state index in [1.165, 1.54) is 12.1 Å². The predicted octanol–water partition coefficient (Wildman–Crippen LogP) is 2.77. The highest BCUT2D eigenvalue weighted by Crippen LogP contribution is 2.23. The molecule has 2 aromatic rings. The van der Waals surface area contributed by atoms with Crippen LogP contribution in [-0.2, 0) is 11.9 Å². The smallest absolute Gasteiger partial charge is 0.270 e. The van der Waals surface area contributed by atoms with Gasteiger partial charge in [-0.05, 0) is 6.92 Å². The fraction of sp³-hybridized carbons (Fsp3) is 0.273. The molecule has 1 aromatic heterocycles. The molecule has 0 aliphatic heterocycles. The summed E-state index contributed by atoms with van der Waals surface area (Å²) in [6.45, 7) is 2.70. The Labute approximate surface area is 112 Å². The summed E-state index contributed by atoms with van der Waals surface area (Å²) in [6.07, 6.45) is 0. The minimum absolute atomic E-state index is 0.0542. The molecule has 2 rings (SSSR count). The van der Waals surface area contributed by atoms with Crippen LogP contribution < -0.4 is 0 Å². The monoisotopic (exact) mass is 310 g/mol. The number of hydrogen-bond donors (Lipinski definition) is 0. The van der Waals surface area contributed by atoms with Gasteiger partial charge in [0.1, 0.15) is 5.82 Å². The molecule has 1 aromatic carbocycles. The number of non-ortho nitro benzene ring substituents is 1. The zero-order chi connectivity index (χ0) is 13.1. The Bertz CT molecular complexity index is 582. The summed E-state index contributed by atoms with van der Waals surface area (Å²) in [4.78, 5) is 10.3. The van der Waals surface area contributed by atoms with E-state index >= 15 is 0 Å². The summed E-state index contributed by atoms with van der Waals surface area (Å²) in [6, 6.07) is 6.41. The van der Waals surface area contributed by atoms with Gasteiger partial charge >= 0.3 is 0 Å². The topological polar surface area (TPSA) is 73.8 Å². The van der Waals surface area contributed by atoms with Gasteiger partial charge in [0.05, 0.1) is 10.3 Å². The van der Waals surface area contributed by atoms with Crippen LogP contribution in [0.5, 0.6) is 0 Å². The van der Waals surface area contributed by atoms with E-state index in [1.807, 2.05) is 11.5 Å². The summed E-state index contributed by atoms with van der Waals surface area (Å²) < 4.78 is 1.92. The molecule has 0 radical (unpaired) electrons. The van der Waals surface area contributed by atoms with Gasteiger partial charge in [-0.2, -0.15) is 0 Å². The molecule has 0 amide bonds. The Morgan fingerprint density at radius 2 is 2.22 bits per heavy atom. The van der Waals surface area contributed by atoms with Gasteiger partial charge in [-0.3, -0.25) is 10.1 Å². The SMILES string of the molecule is CCn1c(CBr)nnc1-c1cccc([N+](=O)[O-])c1. The van der Waals surface area contributed by atoms with Gasteiger partial charge in [0.2, 0.25) is 0 Å². The van der Waals surface area contributed by atoms with E-state index in [1.54, 1.807) is 12.1 Å². The Balaban J connectivity index is 2.51. The molecule has 6 nitrogen and oxygen atoms in total. The molecular formula is C11H11BrN4O2. The van der Waals surface area contributed by atoms with Crippen molar-refractivity contribution in [2.24, 2.45) is 0 Å². The summed E-state index contributed by atoms with van der Waals surface area (Å²) in [5.41, 5.74) is 0.754. The van der Waals surface area contributed by atoms with E-state index in [0.717, 1.165) is 5.82 Å². The average molecular weight is 311 g/mol. The molecule has 18 heavy (non-hydrogen) atoms. The number of nitrogens with zero attached hydrogens (tertiary/aromatic N) is 4. The number of nitro benzene ring substituents is 1. The van der Waals surface area contributed by atoms with Gasteiger partial charge in [-0.25, -0.2) is 0 Å². The Morgan fingerprint density at radius 1 is 1.44 bits per heavy atom. The van der Waals surface area contributed by atoms with Crippen LogP contribution in [0.2, 0.25) is 0 Å². The lowest BCUT2D eigenvalue weighted by Crippen LogP contribution is -2.02. The van der Waals surface area contributed by atoms with Crippen molar-refractivity contribution in [1.29, 1.82) is 0 Å². The average Bonchev–Trinajstić information content (AvgIpc) is 2.81. The molecule has 0 spiro atoms. The second-order valence-electron chi connectivity index (χ2n) is 3.63. The highest BCUT2D eigenvalue weighted by atomic mass is 79.9. The molecule has 1 heterocycles. The van der Waals surface area contributed by atoms with Crippen LogP contribution in [0.4, 0.5) is 5.69 Å². The molecule has 7 heteroatoms. The van der Waals surface area contributed by atoms with Gasteiger partial charge in [0.15, 0.2) is 5.82 Å². The lowest BCUT2D eigenvalue weighted by atomic mass is 10.2. The molecule has 0 unspecified atom stereocenters. The van der Waals surface area contributed by atoms with Crippen molar-refractivity contribution in [1.82, 2.24) is 14.8 Å². The van der Waals surface area contributed by atoms with Crippen LogP contribution in [0.3, 0.4) is 0 Å². The molecule has 0 atom stereocenters. The Morgan fingerprint density at radius 3 is 2.83 bits per heavy atom. The predicted molar refractivity (Wildman–Crippen MR) is 70.4 cm³/mol. The second-order valence-corrected chi connectivity index (χ2v) is 4.19. The van der Waals surface area contributed by atoms with Gasteiger partial charge in [-0.1, -0.05) is 28.1 Å². The summed E-state index contributed by atoms with van der Waals surface area (Å²) >= 11 is 3.34. The van der Waals surface area contributed by atoms with E-state index in [9.17, 15) is 10.1 Å². The van der Waals surface area contributed by atoms with Crippen LogP contribution in [0, 0.1) is 10.1 Å². The zero-order valence-corrected chi connectivity index (χ0v) is 11.3. The third kappa shape index (κ3) is 2.26. The number of hydrogen-bond acceptors (Lipinski definition) is 4. The van der Waals surface area contributed by atoms with Crippen LogP contribution in [0.25, 0.3) is 11.4 Å². The fourth-order valence-electron chi connectivity index (χ4n) is 1.74. The van der Waals surface area contributed by atoms with Crippen molar-refractivity contribution in [2.75, 3.05) is 0 Å². The fourth-order valence-corrected chi connectivity index (χ4v) is 2.15. The van der Waals surface area contributed by atoms with E-state index in [0.29, 0.717) is 23.3 Å². The maximum absolute atomic E-state index is 10.8. The number of aromatic nitrogens is 3. The Kier molecular flexibility index (Phi) is 3.71. The second kappa shape index (κ2) is 5.26. The van der Waals surface area contributed by atoms with E-state index in [4.69, 9.17) is 0 Å². The summed E-state index contributed by atoms with van der Waals surface area (Å²) in [5, 5.41) is 19.5. The van der Waals surface area contributed by atoms with Crippen molar-refractivity contribution in [3.8, 4) is 11.4 Å². The van der Waals surface area contributed by atoms with Gasteiger partial charge in [0, 0.05) is 24.2 Å². The molecule has 0 N–H and O–H groups in total. The molecule has 0 aliphatic rings. The molecule has 0 fully saturated rings. The summed E-state index contributed by atoms with van der Waals surface area (Å²) in [5.74, 6) is 1.45. The van der Waals surface area contributed by atoms with Crippen molar-refractivity contribution in [2.45, 2.75) is 18.8 Å². The van der Waals surface area contributed by atoms with Crippen LogP contribution in [0.15, 0.2) is 24.3 Å². The first-order chi connectivity index (χ1) is 8.67. The third-order valence-corrected chi connectivity index (χ3v) is 3.08. The number of alkyl halides is 1. The zero-order valence-electron chi connectivity index (χ0n) is 9.71. The largest absolute Gasteiger partial charge is 0.311 e. The molecule has 0 saturated heterocycles. The van der Waals surface area contributed by atoms with Crippen molar-refractivity contribution in [3.05, 3.63) is 40.2 Å². The van der Waals surface area contributed by atoms with Crippen molar-refractivity contribution < 1.29 is 4.92 Å². The van der Waals surface area contributed by atoms with E-state index in [-0.39, 0.29) is 5.69 Å². The Hall–Kier alpha value is -1.76. The number of rotatable bonds is 4. The molecule has 0 saturated carbocycles. The quantitative estimate of drug-likeness (QED) is 0.494. The highest BCUT2D eigenvalue weighted by molar-refractivity contribution is 9.08. The molecule has 0 bridgehead atoms. The van der Waals surface area contributed by atoms with Gasteiger partial charge < -0.3 is 4.57 Å². The van der Waals surface area contributed by atoms with Gasteiger partial charge in [-0.15, -0.1) is 10.2 Å².